The van der Waals surface area contributed by atoms with Gasteiger partial charge in [0.1, 0.15) is 5.75 Å². The van der Waals surface area contributed by atoms with Crippen molar-refractivity contribution in [1.29, 1.82) is 0 Å². The molecule has 0 saturated carbocycles. The van der Waals surface area contributed by atoms with Crippen LogP contribution in [-0.4, -0.2) is 48.1 Å². The molecule has 1 aliphatic heterocycles. The largest absolute Gasteiger partial charge is 0.484 e. The number of pyridine rings is 1. The molecule has 0 spiro atoms. The minimum absolute atomic E-state index is 0.0425. The molecule has 1 aromatic heterocycles. The number of hydrogen-bond acceptors (Lipinski definition) is 4. The summed E-state index contributed by atoms with van der Waals surface area (Å²) < 4.78 is 5.49. The molecule has 0 atom stereocenters. The van der Waals surface area contributed by atoms with Crippen LogP contribution < -0.4 is 10.1 Å². The Hall–Kier alpha value is -2.40. The van der Waals surface area contributed by atoms with Crippen LogP contribution in [0.5, 0.6) is 5.75 Å². The normalized spacial score (nSPS) is 15.7. The monoisotopic (exact) mass is 339 g/mol. The van der Waals surface area contributed by atoms with Gasteiger partial charge in [0.05, 0.1) is 0 Å². The van der Waals surface area contributed by atoms with Crippen molar-refractivity contribution in [3.8, 4) is 5.75 Å². The second kappa shape index (κ2) is 9.18. The SMILES string of the molecule is O=C(COc1ccccc1)NC1CCN(CCc2ccncc2)CC1. The first-order valence-corrected chi connectivity index (χ1v) is 8.88. The highest BCUT2D eigenvalue weighted by Crippen LogP contribution is 2.12. The van der Waals surface area contributed by atoms with Gasteiger partial charge >= 0.3 is 0 Å². The highest BCUT2D eigenvalue weighted by molar-refractivity contribution is 5.77. The molecule has 5 heteroatoms. The summed E-state index contributed by atoms with van der Waals surface area (Å²) in [5.74, 6) is 0.683. The fourth-order valence-corrected chi connectivity index (χ4v) is 3.07. The van der Waals surface area contributed by atoms with Gasteiger partial charge in [0, 0.05) is 38.1 Å². The number of aromatic nitrogens is 1. The van der Waals surface area contributed by atoms with Crippen molar-refractivity contribution in [1.82, 2.24) is 15.2 Å². The smallest absolute Gasteiger partial charge is 0.258 e. The van der Waals surface area contributed by atoms with Gasteiger partial charge in [-0.05, 0) is 49.1 Å². The topological polar surface area (TPSA) is 54.5 Å². The number of ether oxygens (including phenoxy) is 1. The van der Waals surface area contributed by atoms with E-state index in [0.29, 0.717) is 0 Å². The quantitative estimate of drug-likeness (QED) is 0.841. The molecule has 2 heterocycles. The van der Waals surface area contributed by atoms with Gasteiger partial charge in [-0.25, -0.2) is 0 Å². The lowest BCUT2D eigenvalue weighted by Gasteiger charge is -2.32. The van der Waals surface area contributed by atoms with Crippen LogP contribution in [0, 0.1) is 0 Å². The van der Waals surface area contributed by atoms with E-state index in [1.807, 2.05) is 42.7 Å². The number of nitrogens with zero attached hydrogens (tertiary/aromatic N) is 2. The number of piperidine rings is 1. The van der Waals surface area contributed by atoms with Gasteiger partial charge in [-0.1, -0.05) is 18.2 Å². The van der Waals surface area contributed by atoms with E-state index in [9.17, 15) is 4.79 Å². The maximum atomic E-state index is 12.0. The van der Waals surface area contributed by atoms with Crippen molar-refractivity contribution < 1.29 is 9.53 Å². The molecule has 1 fully saturated rings. The first-order valence-electron chi connectivity index (χ1n) is 8.88. The van der Waals surface area contributed by atoms with Crippen LogP contribution in [0.15, 0.2) is 54.9 Å². The fraction of sp³-hybridized carbons (Fsp3) is 0.400. The molecule has 1 amide bonds. The first kappa shape index (κ1) is 17.4. The molecule has 0 aliphatic carbocycles. The summed E-state index contributed by atoms with van der Waals surface area (Å²) in [4.78, 5) is 18.5. The van der Waals surface area contributed by atoms with E-state index >= 15 is 0 Å². The lowest BCUT2D eigenvalue weighted by Crippen LogP contribution is -2.46. The van der Waals surface area contributed by atoms with Crippen LogP contribution in [0.4, 0.5) is 0 Å². The number of amides is 1. The maximum absolute atomic E-state index is 12.0. The molecule has 0 unspecified atom stereocenters. The highest BCUT2D eigenvalue weighted by Gasteiger charge is 2.20. The predicted molar refractivity (Wildman–Crippen MR) is 97.5 cm³/mol. The van der Waals surface area contributed by atoms with Crippen molar-refractivity contribution in [2.45, 2.75) is 25.3 Å². The summed E-state index contributed by atoms with van der Waals surface area (Å²) in [6.07, 6.45) is 6.72. The Morgan fingerprint density at radius 2 is 1.84 bits per heavy atom. The zero-order valence-electron chi connectivity index (χ0n) is 14.4. The van der Waals surface area contributed by atoms with Crippen LogP contribution >= 0.6 is 0 Å². The molecule has 1 saturated heterocycles. The Morgan fingerprint density at radius 1 is 1.12 bits per heavy atom. The van der Waals surface area contributed by atoms with E-state index < -0.39 is 0 Å². The average Bonchev–Trinajstić information content (AvgIpc) is 2.67. The van der Waals surface area contributed by atoms with Gasteiger partial charge in [-0.3, -0.25) is 9.78 Å². The van der Waals surface area contributed by atoms with Crippen LogP contribution in [-0.2, 0) is 11.2 Å². The van der Waals surface area contributed by atoms with Gasteiger partial charge < -0.3 is 15.0 Å². The number of benzene rings is 1. The zero-order chi connectivity index (χ0) is 17.3. The third-order valence-electron chi connectivity index (χ3n) is 4.53. The summed E-state index contributed by atoms with van der Waals surface area (Å²) in [5.41, 5.74) is 1.32. The van der Waals surface area contributed by atoms with Crippen LogP contribution in [0.25, 0.3) is 0 Å². The number of hydrogen-bond donors (Lipinski definition) is 1. The Labute approximate surface area is 149 Å². The van der Waals surface area contributed by atoms with Crippen LogP contribution in [0.3, 0.4) is 0 Å². The summed E-state index contributed by atoms with van der Waals surface area (Å²) in [6, 6.07) is 13.8. The lowest BCUT2D eigenvalue weighted by atomic mass is 10.0. The van der Waals surface area contributed by atoms with E-state index in [2.05, 4.69) is 27.3 Å². The Kier molecular flexibility index (Phi) is 6.40. The van der Waals surface area contributed by atoms with E-state index in [1.165, 1.54) is 5.56 Å². The van der Waals surface area contributed by atoms with Gasteiger partial charge in [0.25, 0.3) is 5.91 Å². The molecule has 1 aliphatic rings. The van der Waals surface area contributed by atoms with Gasteiger partial charge in [-0.2, -0.15) is 0 Å². The molecule has 2 aromatic rings. The molecule has 0 radical (unpaired) electrons. The van der Waals surface area contributed by atoms with Gasteiger partial charge in [-0.15, -0.1) is 0 Å². The number of carbonyl (C=O) groups is 1. The van der Waals surface area contributed by atoms with Crippen LogP contribution in [0.2, 0.25) is 0 Å². The number of carbonyl (C=O) groups excluding carboxylic acids is 1. The lowest BCUT2D eigenvalue weighted by molar-refractivity contribution is -0.124. The van der Waals surface area contributed by atoms with E-state index in [1.54, 1.807) is 0 Å². The zero-order valence-corrected chi connectivity index (χ0v) is 14.4. The summed E-state index contributed by atoms with van der Waals surface area (Å²) in [6.45, 7) is 3.18. The van der Waals surface area contributed by atoms with E-state index in [4.69, 9.17) is 4.74 Å². The Balaban J connectivity index is 1.32. The number of nitrogens with one attached hydrogen (secondary N) is 1. The first-order chi connectivity index (χ1) is 12.3. The average molecular weight is 339 g/mol. The summed E-state index contributed by atoms with van der Waals surface area (Å²) >= 11 is 0. The second-order valence-electron chi connectivity index (χ2n) is 6.39. The molecule has 0 bridgehead atoms. The Morgan fingerprint density at radius 3 is 2.56 bits per heavy atom. The number of para-hydroxylation sites is 1. The summed E-state index contributed by atoms with van der Waals surface area (Å²) in [7, 11) is 0. The molecular formula is C20H25N3O2. The second-order valence-corrected chi connectivity index (χ2v) is 6.39. The minimum Gasteiger partial charge on any atom is -0.484 e. The highest BCUT2D eigenvalue weighted by atomic mass is 16.5. The molecule has 1 N–H and O–H groups in total. The molecule has 25 heavy (non-hydrogen) atoms. The van der Waals surface area contributed by atoms with Gasteiger partial charge in [0.2, 0.25) is 0 Å². The van der Waals surface area contributed by atoms with Crippen molar-refractivity contribution in [3.63, 3.8) is 0 Å². The maximum Gasteiger partial charge on any atom is 0.258 e. The summed E-state index contributed by atoms with van der Waals surface area (Å²) in [5, 5.41) is 3.08. The molecular weight excluding hydrogens is 314 g/mol. The number of likely N-dealkylation sites (tertiary alicyclic amines) is 1. The third-order valence-corrected chi connectivity index (χ3v) is 4.53. The van der Waals surface area contributed by atoms with Crippen molar-refractivity contribution in [2.75, 3.05) is 26.2 Å². The van der Waals surface area contributed by atoms with E-state index in [0.717, 1.165) is 44.6 Å². The van der Waals surface area contributed by atoms with Crippen LogP contribution in [0.1, 0.15) is 18.4 Å². The minimum atomic E-state index is -0.0425. The van der Waals surface area contributed by atoms with Crippen molar-refractivity contribution >= 4 is 5.91 Å². The van der Waals surface area contributed by atoms with Crippen molar-refractivity contribution in [3.05, 3.63) is 60.4 Å². The predicted octanol–water partition coefficient (Wildman–Crippen LogP) is 2.28. The molecule has 3 rings (SSSR count). The van der Waals surface area contributed by atoms with Gasteiger partial charge in [0.15, 0.2) is 6.61 Å². The van der Waals surface area contributed by atoms with E-state index in [-0.39, 0.29) is 18.6 Å². The third kappa shape index (κ3) is 5.87. The number of rotatable bonds is 7. The Bertz CT molecular complexity index is 641. The standard InChI is InChI=1S/C20H25N3O2/c24-20(16-25-19-4-2-1-3-5-19)22-18-9-14-23(15-10-18)13-8-17-6-11-21-12-7-17/h1-7,11-12,18H,8-10,13-16H2,(H,22,24). The molecule has 132 valence electrons. The molecule has 5 nitrogen and oxygen atoms in total. The molecule has 1 aromatic carbocycles. The fourth-order valence-electron chi connectivity index (χ4n) is 3.07. The van der Waals surface area contributed by atoms with Crippen molar-refractivity contribution in [2.24, 2.45) is 0 Å².